The Bertz CT molecular complexity index is 1650. The molecule has 4 heterocycles. The lowest BCUT2D eigenvalue weighted by Gasteiger charge is -2.27. The van der Waals surface area contributed by atoms with Gasteiger partial charge in [0.2, 0.25) is 11.7 Å². The molecule has 2 aromatic heterocycles. The Morgan fingerprint density at radius 1 is 1.03 bits per heavy atom. The van der Waals surface area contributed by atoms with E-state index < -0.39 is 0 Å². The Morgan fingerprint density at radius 2 is 1.82 bits per heavy atom. The van der Waals surface area contributed by atoms with Crippen LogP contribution in [0.25, 0.3) is 28.1 Å². The van der Waals surface area contributed by atoms with Crippen molar-refractivity contribution in [1.82, 2.24) is 19.7 Å². The number of Topliss-reactive ketones (excluding diaryl/α,β-unsaturated/α-hetero) is 1. The molecule has 2 aliphatic rings. The average molecular weight is 508 g/mol. The van der Waals surface area contributed by atoms with Crippen LogP contribution in [0.2, 0.25) is 0 Å². The first-order chi connectivity index (χ1) is 18.4. The molecule has 9 nitrogen and oxygen atoms in total. The van der Waals surface area contributed by atoms with Crippen molar-refractivity contribution in [2.45, 2.75) is 6.92 Å². The third-order valence-electron chi connectivity index (χ3n) is 6.85. The molecular formula is C29H25N5O4. The quantitative estimate of drug-likeness (QED) is 0.392. The van der Waals surface area contributed by atoms with E-state index in [9.17, 15) is 14.4 Å². The first kappa shape index (κ1) is 23.7. The molecule has 9 heteroatoms. The monoisotopic (exact) mass is 507 g/mol. The Kier molecular flexibility index (Phi) is 5.84. The normalized spacial score (nSPS) is 16.4. The molecule has 4 aromatic rings. The number of allylic oxidation sites excluding steroid dienone is 1. The van der Waals surface area contributed by atoms with Crippen LogP contribution in [0.4, 0.5) is 5.69 Å². The van der Waals surface area contributed by atoms with Crippen molar-refractivity contribution in [3.8, 4) is 11.1 Å². The molecule has 2 amide bonds. The van der Waals surface area contributed by atoms with E-state index in [0.29, 0.717) is 54.3 Å². The molecule has 0 aliphatic carbocycles. The highest BCUT2D eigenvalue weighted by Crippen LogP contribution is 2.36. The van der Waals surface area contributed by atoms with Gasteiger partial charge in [0.15, 0.2) is 0 Å². The second-order valence-corrected chi connectivity index (χ2v) is 9.36. The Hall–Kier alpha value is -4.63. The van der Waals surface area contributed by atoms with Crippen molar-refractivity contribution >= 4 is 40.3 Å². The smallest absolute Gasteiger partial charge is 0.254 e. The van der Waals surface area contributed by atoms with Crippen molar-refractivity contribution in [2.75, 3.05) is 31.2 Å². The third kappa shape index (κ3) is 4.06. The number of amides is 2. The summed E-state index contributed by atoms with van der Waals surface area (Å²) in [6, 6.07) is 14.4. The number of ketones is 1. The number of aromatic nitrogens is 3. The predicted octanol–water partition coefficient (Wildman–Crippen LogP) is 3.70. The fraction of sp³-hybridized carbons (Fsp3) is 0.207. The molecule has 0 atom stereocenters. The van der Waals surface area contributed by atoms with Gasteiger partial charge in [-0.05, 0) is 48.0 Å². The molecule has 2 aliphatic heterocycles. The van der Waals surface area contributed by atoms with E-state index in [0.717, 1.165) is 16.5 Å². The van der Waals surface area contributed by atoms with Crippen LogP contribution in [0.3, 0.4) is 0 Å². The van der Waals surface area contributed by atoms with Crippen LogP contribution in [0, 0.1) is 0 Å². The molecular weight excluding hydrogens is 482 g/mol. The lowest BCUT2D eigenvalue weighted by atomic mass is 10.00. The highest BCUT2D eigenvalue weighted by atomic mass is 16.5. The second kappa shape index (κ2) is 9.35. The summed E-state index contributed by atoms with van der Waals surface area (Å²) in [6.07, 6.45) is 5.29. The topological polar surface area (TPSA) is 97.6 Å². The summed E-state index contributed by atoms with van der Waals surface area (Å²) < 4.78 is 7.09. The number of carbonyl (C=O) groups is 3. The first-order valence-electron chi connectivity index (χ1n) is 12.4. The van der Waals surface area contributed by atoms with Crippen molar-refractivity contribution < 1.29 is 19.1 Å². The van der Waals surface area contributed by atoms with Gasteiger partial charge in [0, 0.05) is 55.3 Å². The number of nitrogens with zero attached hydrogens (tertiary/aromatic N) is 5. The molecule has 38 heavy (non-hydrogen) atoms. The highest BCUT2D eigenvalue weighted by molar-refractivity contribution is 6.26. The highest BCUT2D eigenvalue weighted by Gasteiger charge is 2.34. The van der Waals surface area contributed by atoms with Gasteiger partial charge in [0.05, 0.1) is 42.0 Å². The second-order valence-electron chi connectivity index (χ2n) is 9.36. The molecule has 1 fully saturated rings. The molecule has 0 radical (unpaired) electrons. The molecule has 0 spiro atoms. The summed E-state index contributed by atoms with van der Waals surface area (Å²) in [5, 5.41) is 5.12. The maximum absolute atomic E-state index is 13.3. The minimum absolute atomic E-state index is 0.0510. The molecule has 0 N–H and O–H groups in total. The van der Waals surface area contributed by atoms with Crippen LogP contribution >= 0.6 is 0 Å². The van der Waals surface area contributed by atoms with Gasteiger partial charge in [0.1, 0.15) is 0 Å². The molecule has 0 unspecified atom stereocenters. The number of para-hydroxylation sites is 1. The van der Waals surface area contributed by atoms with Gasteiger partial charge in [0.25, 0.3) is 5.91 Å². The van der Waals surface area contributed by atoms with E-state index in [2.05, 4.69) is 5.10 Å². The summed E-state index contributed by atoms with van der Waals surface area (Å²) in [7, 11) is 1.84. The van der Waals surface area contributed by atoms with E-state index in [-0.39, 0.29) is 23.3 Å². The number of pyridine rings is 1. The van der Waals surface area contributed by atoms with Gasteiger partial charge in [-0.2, -0.15) is 5.10 Å². The number of hydrogen-bond donors (Lipinski definition) is 0. The van der Waals surface area contributed by atoms with Gasteiger partial charge < -0.3 is 9.64 Å². The van der Waals surface area contributed by atoms with E-state index >= 15 is 0 Å². The molecule has 1 saturated heterocycles. The van der Waals surface area contributed by atoms with E-state index in [4.69, 9.17) is 9.72 Å². The van der Waals surface area contributed by atoms with Crippen LogP contribution < -0.4 is 4.90 Å². The lowest BCUT2D eigenvalue weighted by Crippen LogP contribution is -2.40. The first-order valence-corrected chi connectivity index (χ1v) is 12.4. The van der Waals surface area contributed by atoms with Gasteiger partial charge in [-0.1, -0.05) is 12.1 Å². The standard InChI is InChI=1S/C29H25N5O4/c1-18(35)34-26-6-4-3-5-22(26)28(36)27(34)15-21-14-23(20-16-30-32(2)17-20)24-13-19(7-8-25(24)31-21)29(37)33-9-11-38-12-10-33/h3-8,13-17H,9-12H2,1-2H3/b27-15-. The van der Waals surface area contributed by atoms with Gasteiger partial charge >= 0.3 is 0 Å². The van der Waals surface area contributed by atoms with Crippen molar-refractivity contribution in [3.63, 3.8) is 0 Å². The maximum atomic E-state index is 13.3. The summed E-state index contributed by atoms with van der Waals surface area (Å²) in [4.78, 5) is 47.0. The minimum atomic E-state index is -0.255. The van der Waals surface area contributed by atoms with Crippen LogP contribution in [-0.4, -0.2) is 63.6 Å². The zero-order valence-electron chi connectivity index (χ0n) is 21.0. The molecule has 2 aromatic carbocycles. The molecule has 190 valence electrons. The minimum Gasteiger partial charge on any atom is -0.378 e. The van der Waals surface area contributed by atoms with Crippen LogP contribution in [0.15, 0.2) is 66.6 Å². The van der Waals surface area contributed by atoms with Crippen LogP contribution in [0.1, 0.15) is 33.3 Å². The zero-order chi connectivity index (χ0) is 26.4. The maximum Gasteiger partial charge on any atom is 0.254 e. The third-order valence-corrected chi connectivity index (χ3v) is 6.85. The number of morpholine rings is 1. The number of fused-ring (bicyclic) bond motifs is 2. The molecule has 6 rings (SSSR count). The van der Waals surface area contributed by atoms with Crippen LogP contribution in [-0.2, 0) is 16.6 Å². The summed E-state index contributed by atoms with van der Waals surface area (Å²) in [6.45, 7) is 3.60. The van der Waals surface area contributed by atoms with Gasteiger partial charge in [-0.15, -0.1) is 0 Å². The summed E-state index contributed by atoms with van der Waals surface area (Å²) in [5.74, 6) is -0.536. The fourth-order valence-electron chi connectivity index (χ4n) is 5.04. The molecule has 0 saturated carbocycles. The van der Waals surface area contributed by atoms with Crippen molar-refractivity contribution in [2.24, 2.45) is 7.05 Å². The Morgan fingerprint density at radius 3 is 2.55 bits per heavy atom. The van der Waals surface area contributed by atoms with E-state index in [1.807, 2.05) is 31.4 Å². The number of anilines is 1. The van der Waals surface area contributed by atoms with Gasteiger partial charge in [-0.3, -0.25) is 24.0 Å². The van der Waals surface area contributed by atoms with Crippen molar-refractivity contribution in [3.05, 3.63) is 83.4 Å². The number of aryl methyl sites for hydroxylation is 1. The van der Waals surface area contributed by atoms with E-state index in [1.165, 1.54) is 11.8 Å². The van der Waals surface area contributed by atoms with Crippen molar-refractivity contribution in [1.29, 1.82) is 0 Å². The number of rotatable bonds is 3. The SMILES string of the molecule is CC(=O)N1/C(=C\c2cc(-c3cnn(C)c3)c3cc(C(=O)N4CCOCC4)ccc3n2)C(=O)c2ccccc21. The van der Waals surface area contributed by atoms with Crippen LogP contribution in [0.5, 0.6) is 0 Å². The lowest BCUT2D eigenvalue weighted by molar-refractivity contribution is -0.116. The Labute approximate surface area is 218 Å². The number of carbonyl (C=O) groups excluding carboxylic acids is 3. The molecule has 0 bridgehead atoms. The van der Waals surface area contributed by atoms with Gasteiger partial charge in [-0.25, -0.2) is 4.98 Å². The largest absolute Gasteiger partial charge is 0.378 e. The number of hydrogen-bond acceptors (Lipinski definition) is 6. The average Bonchev–Trinajstić information content (AvgIpc) is 3.49. The number of benzene rings is 2. The predicted molar refractivity (Wildman–Crippen MR) is 143 cm³/mol. The van der Waals surface area contributed by atoms with E-state index in [1.54, 1.807) is 52.2 Å². The summed E-state index contributed by atoms with van der Waals surface area (Å²) >= 11 is 0. The fourth-order valence-corrected chi connectivity index (χ4v) is 5.04. The Balaban J connectivity index is 1.49. The zero-order valence-corrected chi connectivity index (χ0v) is 21.0. The number of ether oxygens (including phenoxy) is 1. The summed E-state index contributed by atoms with van der Waals surface area (Å²) in [5.41, 5.74) is 4.72.